The second-order valence-corrected chi connectivity index (χ2v) is 34.8. The van der Waals surface area contributed by atoms with Crippen LogP contribution in [0.1, 0.15) is 0 Å². The first-order valence-corrected chi connectivity index (χ1v) is 45.5. The number of para-hydroxylation sites is 5. The number of hydrogen-bond donors (Lipinski definition) is 0. The van der Waals surface area contributed by atoms with Gasteiger partial charge in [0, 0.05) is 117 Å². The van der Waals surface area contributed by atoms with Gasteiger partial charge in [0.15, 0.2) is 0 Å². The van der Waals surface area contributed by atoms with Gasteiger partial charge in [-0.05, 0) is 254 Å². The molecule has 0 amide bonds. The summed E-state index contributed by atoms with van der Waals surface area (Å²) in [6.07, 6.45) is 0. The maximum absolute atomic E-state index is 6.35. The van der Waals surface area contributed by atoms with E-state index in [1.807, 2.05) is 60.7 Å². The lowest BCUT2D eigenvalue weighted by Gasteiger charge is -2.28. The van der Waals surface area contributed by atoms with E-state index in [4.69, 9.17) is 22.1 Å². The molecule has 0 unspecified atom stereocenters. The van der Waals surface area contributed by atoms with Crippen molar-refractivity contribution in [2.24, 2.45) is 0 Å². The van der Waals surface area contributed by atoms with Crippen LogP contribution in [-0.4, -0.2) is 0 Å². The van der Waals surface area contributed by atoms with Crippen molar-refractivity contribution in [3.8, 4) is 11.1 Å². The minimum Gasteiger partial charge on any atom is -0.456 e. The molecule has 0 saturated heterocycles. The molecule has 0 radical (unpaired) electrons. The Morgan fingerprint density at radius 3 is 0.784 bits per heavy atom. The molecular weight excluding hydrogens is 1640 g/mol. The second-order valence-electron chi connectivity index (χ2n) is 34.8. The standard InChI is InChI=1S/2C42H25NO2.C42H27NO/c1-2-8-31-26(7-1)14-20-33-32(31)19-15-27-13-16-28(23-36(27)33)43(29-17-21-41-37(24-29)34-9-3-5-11-39(34)44-41)30-18-22-42-38(25-30)35-10-4-6-12-40(35)45-42;1-2-8-31-26(7-1)14-20-33-32(31)19-15-27-13-16-28(23-38(27)33)43(29-17-21-36-34-9-3-5-11-39(34)44-41(36)24-29)30-18-22-37-35-10-4-6-12-40(35)45-42(37)25-30;1-2-9-28(10-3-1)29-17-21-32(22-18-29)43(33-23-26-41-38(27-33)36-14-6-7-16-40(36)44-41)39-15-8-12-31-20-24-35-34-13-5-4-11-30(34)19-25-37(35)42(31)39/h2*1-25H;1-27H. The summed E-state index contributed by atoms with van der Waals surface area (Å²) in [5, 5.41) is 33.5. The Kier molecular flexibility index (Phi) is 17.5. The quantitative estimate of drug-likeness (QED) is 0.125. The molecule has 0 fully saturated rings. The third-order valence-corrected chi connectivity index (χ3v) is 27.3. The molecule has 8 nitrogen and oxygen atoms in total. The zero-order chi connectivity index (χ0) is 88.0. The molecule has 0 aliphatic heterocycles. The number of benzene rings is 24. The molecule has 626 valence electrons. The Balaban J connectivity index is 0.000000102. The lowest BCUT2D eigenvalue weighted by Crippen LogP contribution is -2.10. The summed E-state index contributed by atoms with van der Waals surface area (Å²) in [7, 11) is 0. The van der Waals surface area contributed by atoms with Crippen molar-refractivity contribution in [2.75, 3.05) is 14.7 Å². The highest BCUT2D eigenvalue weighted by Crippen LogP contribution is 2.50. The van der Waals surface area contributed by atoms with Gasteiger partial charge in [-0.2, -0.15) is 0 Å². The molecule has 0 atom stereocenters. The average molecular weight is 1710 g/mol. The van der Waals surface area contributed by atoms with Crippen molar-refractivity contribution >= 4 is 258 Å². The van der Waals surface area contributed by atoms with E-state index in [-0.39, 0.29) is 0 Å². The van der Waals surface area contributed by atoms with Gasteiger partial charge in [-0.3, -0.25) is 0 Å². The number of rotatable bonds is 10. The molecule has 5 heterocycles. The average Bonchev–Trinajstić information content (AvgIpc) is 1.30. The van der Waals surface area contributed by atoms with Gasteiger partial charge in [0.1, 0.15) is 55.8 Å². The highest BCUT2D eigenvalue weighted by atomic mass is 16.3. The Hall–Kier alpha value is -18.0. The molecule has 29 aromatic rings. The smallest absolute Gasteiger partial charge is 0.137 e. The maximum atomic E-state index is 6.35. The van der Waals surface area contributed by atoms with E-state index in [1.165, 1.54) is 108 Å². The first-order valence-electron chi connectivity index (χ1n) is 45.5. The van der Waals surface area contributed by atoms with E-state index in [1.54, 1.807) is 0 Å². The summed E-state index contributed by atoms with van der Waals surface area (Å²) in [6, 6.07) is 166. The Morgan fingerprint density at radius 1 is 0.119 bits per heavy atom. The Bertz CT molecular complexity index is 9620. The third kappa shape index (κ3) is 12.7. The molecular formula is C126H77N3O5. The normalized spacial score (nSPS) is 11.9. The fourth-order valence-electron chi connectivity index (χ4n) is 21.0. The van der Waals surface area contributed by atoms with E-state index >= 15 is 0 Å². The predicted octanol–water partition coefficient (Wildman–Crippen LogP) is 37.0. The van der Waals surface area contributed by atoms with Gasteiger partial charge in [-0.1, -0.05) is 303 Å². The lowest BCUT2D eigenvalue weighted by atomic mass is 9.95. The fraction of sp³-hybridized carbons (Fsp3) is 0. The van der Waals surface area contributed by atoms with Gasteiger partial charge in [-0.25, -0.2) is 0 Å². The van der Waals surface area contributed by atoms with Gasteiger partial charge in [-0.15, -0.1) is 0 Å². The number of nitrogens with zero attached hydrogens (tertiary/aromatic N) is 3. The molecule has 24 aromatic carbocycles. The molecule has 5 aromatic heterocycles. The van der Waals surface area contributed by atoms with Crippen LogP contribution in [0.3, 0.4) is 0 Å². The van der Waals surface area contributed by atoms with Crippen molar-refractivity contribution in [3.63, 3.8) is 0 Å². The molecule has 0 spiro atoms. The van der Waals surface area contributed by atoms with Crippen LogP contribution in [0.4, 0.5) is 51.2 Å². The van der Waals surface area contributed by atoms with E-state index in [0.29, 0.717) is 0 Å². The van der Waals surface area contributed by atoms with Crippen LogP contribution in [0.2, 0.25) is 0 Å². The molecule has 0 aliphatic rings. The Morgan fingerprint density at radius 2 is 0.366 bits per heavy atom. The van der Waals surface area contributed by atoms with E-state index in [9.17, 15) is 0 Å². The second kappa shape index (κ2) is 30.9. The molecule has 29 rings (SSSR count). The molecule has 0 aliphatic carbocycles. The van der Waals surface area contributed by atoms with E-state index in [2.05, 4.69) is 421 Å². The number of anilines is 9. The monoisotopic (exact) mass is 1710 g/mol. The van der Waals surface area contributed by atoms with Crippen LogP contribution < -0.4 is 14.7 Å². The van der Waals surface area contributed by atoms with Crippen LogP contribution in [0, 0.1) is 0 Å². The third-order valence-electron chi connectivity index (χ3n) is 27.3. The topological polar surface area (TPSA) is 75.4 Å². The van der Waals surface area contributed by atoms with Crippen molar-refractivity contribution in [3.05, 3.63) is 467 Å². The summed E-state index contributed by atoms with van der Waals surface area (Å²) in [5.41, 5.74) is 20.9. The summed E-state index contributed by atoms with van der Waals surface area (Å²) in [4.78, 5) is 7.05. The summed E-state index contributed by atoms with van der Waals surface area (Å²) in [5.74, 6) is 0. The van der Waals surface area contributed by atoms with Gasteiger partial charge in [0.25, 0.3) is 0 Å². The van der Waals surface area contributed by atoms with Gasteiger partial charge in [0.2, 0.25) is 0 Å². The Labute approximate surface area is 767 Å². The number of furan rings is 5. The molecule has 0 N–H and O–H groups in total. The van der Waals surface area contributed by atoms with E-state index in [0.717, 1.165) is 161 Å². The minimum atomic E-state index is 0.862. The predicted molar refractivity (Wildman–Crippen MR) is 563 cm³/mol. The summed E-state index contributed by atoms with van der Waals surface area (Å²) < 4.78 is 31.3. The first kappa shape index (κ1) is 76.1. The fourth-order valence-corrected chi connectivity index (χ4v) is 21.0. The number of hydrogen-bond acceptors (Lipinski definition) is 8. The first-order chi connectivity index (χ1) is 66.4. The minimum absolute atomic E-state index is 0.862. The highest BCUT2D eigenvalue weighted by molar-refractivity contribution is 6.24. The van der Waals surface area contributed by atoms with Crippen LogP contribution >= 0.6 is 0 Å². The van der Waals surface area contributed by atoms with E-state index < -0.39 is 0 Å². The zero-order valence-corrected chi connectivity index (χ0v) is 72.3. The van der Waals surface area contributed by atoms with Crippen LogP contribution in [0.25, 0.3) is 218 Å². The number of fused-ring (bicyclic) bond motifs is 30. The molecule has 134 heavy (non-hydrogen) atoms. The van der Waals surface area contributed by atoms with Crippen LogP contribution in [0.5, 0.6) is 0 Å². The highest BCUT2D eigenvalue weighted by Gasteiger charge is 2.25. The lowest BCUT2D eigenvalue weighted by molar-refractivity contribution is 0.668. The molecule has 8 heteroatoms. The van der Waals surface area contributed by atoms with Crippen molar-refractivity contribution < 1.29 is 22.1 Å². The van der Waals surface area contributed by atoms with Gasteiger partial charge >= 0.3 is 0 Å². The van der Waals surface area contributed by atoms with Gasteiger partial charge < -0.3 is 36.8 Å². The van der Waals surface area contributed by atoms with Crippen LogP contribution in [-0.2, 0) is 0 Å². The molecule has 0 saturated carbocycles. The summed E-state index contributed by atoms with van der Waals surface area (Å²) in [6.45, 7) is 0. The molecule has 0 bridgehead atoms. The van der Waals surface area contributed by atoms with Crippen molar-refractivity contribution in [1.82, 2.24) is 0 Å². The van der Waals surface area contributed by atoms with Crippen molar-refractivity contribution in [1.29, 1.82) is 0 Å². The largest absolute Gasteiger partial charge is 0.456 e. The SMILES string of the molecule is c1ccc(-c2ccc(N(c3ccc4oc5ccccc5c4c3)c3cccc4ccc5c6ccccc6ccc5c34)cc2)cc1.c1ccc2c(c1)ccc1c3cc(N(c4ccc5c(c4)oc4ccccc45)c4ccc5c(c4)oc4ccccc45)ccc3ccc21.c1ccc2c(c1)ccc1c3cc(N(c4ccc5oc6ccccc6c5c4)c4ccc5oc6ccccc6c5c4)ccc3ccc21. The summed E-state index contributed by atoms with van der Waals surface area (Å²) >= 11 is 0. The van der Waals surface area contributed by atoms with Gasteiger partial charge in [0.05, 0.1) is 5.69 Å². The van der Waals surface area contributed by atoms with Crippen LogP contribution in [0.15, 0.2) is 489 Å². The zero-order valence-electron chi connectivity index (χ0n) is 72.3. The van der Waals surface area contributed by atoms with Crippen molar-refractivity contribution in [2.45, 2.75) is 0 Å². The maximum Gasteiger partial charge on any atom is 0.137 e.